The predicted octanol–water partition coefficient (Wildman–Crippen LogP) is 1.70. The monoisotopic (exact) mass is 252 g/mol. The lowest BCUT2D eigenvalue weighted by molar-refractivity contribution is -0.144. The second kappa shape index (κ2) is 5.72. The molecule has 0 unspecified atom stereocenters. The second-order valence-corrected chi connectivity index (χ2v) is 5.54. The summed E-state index contributed by atoms with van der Waals surface area (Å²) in [6.07, 6.45) is 6.96. The number of rotatable bonds is 4. The Labute approximate surface area is 109 Å². The molecule has 1 aliphatic heterocycles. The van der Waals surface area contributed by atoms with Crippen molar-refractivity contribution in [1.29, 1.82) is 0 Å². The zero-order chi connectivity index (χ0) is 13.0. The lowest BCUT2D eigenvalue weighted by atomic mass is 10.0. The van der Waals surface area contributed by atoms with E-state index in [-0.39, 0.29) is 11.8 Å². The highest BCUT2D eigenvalue weighted by Gasteiger charge is 2.57. The molecule has 18 heavy (non-hydrogen) atoms. The summed E-state index contributed by atoms with van der Waals surface area (Å²) in [6, 6.07) is 0. The van der Waals surface area contributed by atoms with Gasteiger partial charge in [0.25, 0.3) is 0 Å². The van der Waals surface area contributed by atoms with Crippen molar-refractivity contribution in [3.63, 3.8) is 0 Å². The van der Waals surface area contributed by atoms with E-state index in [1.165, 1.54) is 12.8 Å². The van der Waals surface area contributed by atoms with E-state index in [1.54, 1.807) is 0 Å². The molecule has 1 N–H and O–H groups in total. The lowest BCUT2D eigenvalue weighted by Crippen LogP contribution is -2.45. The number of likely N-dealkylation sites (tertiary alicyclic amines) is 1. The van der Waals surface area contributed by atoms with E-state index >= 15 is 0 Å². The first-order valence-electron chi connectivity index (χ1n) is 7.28. The SMILES string of the molecule is CCCNC(=O)C1(C(=O)N2CCCCCC2)CC1. The molecule has 0 radical (unpaired) electrons. The molecule has 4 nitrogen and oxygen atoms in total. The van der Waals surface area contributed by atoms with Gasteiger partial charge in [0.2, 0.25) is 11.8 Å². The summed E-state index contributed by atoms with van der Waals surface area (Å²) in [5, 5.41) is 2.88. The van der Waals surface area contributed by atoms with Crippen LogP contribution in [0.25, 0.3) is 0 Å². The van der Waals surface area contributed by atoms with Crippen molar-refractivity contribution in [3.8, 4) is 0 Å². The van der Waals surface area contributed by atoms with Gasteiger partial charge in [-0.15, -0.1) is 0 Å². The fraction of sp³-hybridized carbons (Fsp3) is 0.857. The summed E-state index contributed by atoms with van der Waals surface area (Å²) in [6.45, 7) is 4.37. The molecule has 102 valence electrons. The van der Waals surface area contributed by atoms with Crippen molar-refractivity contribution < 1.29 is 9.59 Å². The second-order valence-electron chi connectivity index (χ2n) is 5.54. The molecule has 1 heterocycles. The molecule has 0 spiro atoms. The third-order valence-electron chi connectivity index (χ3n) is 4.02. The van der Waals surface area contributed by atoms with Crippen LogP contribution in [0.5, 0.6) is 0 Å². The van der Waals surface area contributed by atoms with Crippen molar-refractivity contribution in [2.24, 2.45) is 5.41 Å². The Morgan fingerprint density at radius 2 is 1.72 bits per heavy atom. The van der Waals surface area contributed by atoms with Gasteiger partial charge >= 0.3 is 0 Å². The van der Waals surface area contributed by atoms with Crippen LogP contribution in [-0.2, 0) is 9.59 Å². The third-order valence-corrected chi connectivity index (χ3v) is 4.02. The summed E-state index contributed by atoms with van der Waals surface area (Å²) >= 11 is 0. The summed E-state index contributed by atoms with van der Waals surface area (Å²) in [5.74, 6) is 0.0385. The average molecular weight is 252 g/mol. The number of hydrogen-bond donors (Lipinski definition) is 1. The minimum absolute atomic E-state index is 0.0430. The highest BCUT2D eigenvalue weighted by atomic mass is 16.2. The fourth-order valence-corrected chi connectivity index (χ4v) is 2.65. The molecule has 1 aliphatic carbocycles. The Bertz CT molecular complexity index is 316. The van der Waals surface area contributed by atoms with E-state index in [4.69, 9.17) is 0 Å². The maximum atomic E-state index is 12.5. The molecule has 0 aromatic heterocycles. The highest BCUT2D eigenvalue weighted by Crippen LogP contribution is 2.47. The molecule has 2 amide bonds. The third kappa shape index (κ3) is 2.68. The average Bonchev–Trinajstić information content (AvgIpc) is 3.19. The lowest BCUT2D eigenvalue weighted by Gasteiger charge is -2.25. The van der Waals surface area contributed by atoms with Crippen molar-refractivity contribution in [2.75, 3.05) is 19.6 Å². The highest BCUT2D eigenvalue weighted by molar-refractivity contribution is 6.07. The Morgan fingerprint density at radius 1 is 1.11 bits per heavy atom. The minimum atomic E-state index is -0.695. The van der Waals surface area contributed by atoms with Gasteiger partial charge in [-0.3, -0.25) is 9.59 Å². The van der Waals surface area contributed by atoms with Crippen molar-refractivity contribution in [1.82, 2.24) is 10.2 Å². The maximum absolute atomic E-state index is 12.5. The largest absolute Gasteiger partial charge is 0.355 e. The van der Waals surface area contributed by atoms with E-state index in [0.717, 1.165) is 45.2 Å². The molecule has 1 saturated heterocycles. The summed E-state index contributed by atoms with van der Waals surface area (Å²) in [4.78, 5) is 26.5. The predicted molar refractivity (Wildman–Crippen MR) is 70.0 cm³/mol. The molecule has 4 heteroatoms. The van der Waals surface area contributed by atoms with Gasteiger partial charge in [-0.2, -0.15) is 0 Å². The molecule has 0 bridgehead atoms. The Balaban J connectivity index is 1.96. The first kappa shape index (κ1) is 13.4. The zero-order valence-electron chi connectivity index (χ0n) is 11.3. The van der Waals surface area contributed by atoms with Gasteiger partial charge in [-0.25, -0.2) is 0 Å². The normalized spacial score (nSPS) is 22.2. The summed E-state index contributed by atoms with van der Waals surface area (Å²) < 4.78 is 0. The zero-order valence-corrected chi connectivity index (χ0v) is 11.3. The quantitative estimate of drug-likeness (QED) is 0.774. The Hall–Kier alpha value is -1.06. The van der Waals surface area contributed by atoms with Crippen LogP contribution in [0, 0.1) is 5.41 Å². The number of carbonyl (C=O) groups is 2. The van der Waals surface area contributed by atoms with Crippen LogP contribution >= 0.6 is 0 Å². The van der Waals surface area contributed by atoms with Crippen LogP contribution in [0.3, 0.4) is 0 Å². The molecule has 2 fully saturated rings. The molecular formula is C14H24N2O2. The van der Waals surface area contributed by atoms with Crippen molar-refractivity contribution >= 4 is 11.8 Å². The number of hydrogen-bond acceptors (Lipinski definition) is 2. The smallest absolute Gasteiger partial charge is 0.238 e. The van der Waals surface area contributed by atoms with E-state index < -0.39 is 5.41 Å². The summed E-state index contributed by atoms with van der Waals surface area (Å²) in [5.41, 5.74) is -0.695. The van der Waals surface area contributed by atoms with E-state index in [1.807, 2.05) is 11.8 Å². The number of amides is 2. The molecule has 2 aliphatic rings. The summed E-state index contributed by atoms with van der Waals surface area (Å²) in [7, 11) is 0. The Morgan fingerprint density at radius 3 is 2.22 bits per heavy atom. The van der Waals surface area contributed by atoms with E-state index in [0.29, 0.717) is 6.54 Å². The minimum Gasteiger partial charge on any atom is -0.355 e. The molecule has 0 aromatic rings. The molecule has 0 atom stereocenters. The number of nitrogens with one attached hydrogen (secondary N) is 1. The van der Waals surface area contributed by atoms with Crippen molar-refractivity contribution in [3.05, 3.63) is 0 Å². The first-order valence-corrected chi connectivity index (χ1v) is 7.28. The van der Waals surface area contributed by atoms with Crippen molar-refractivity contribution in [2.45, 2.75) is 51.9 Å². The van der Waals surface area contributed by atoms with Gasteiger partial charge in [0, 0.05) is 19.6 Å². The molecule has 1 saturated carbocycles. The van der Waals surface area contributed by atoms with Crippen LogP contribution in [0.15, 0.2) is 0 Å². The van der Waals surface area contributed by atoms with Gasteiger partial charge < -0.3 is 10.2 Å². The van der Waals surface area contributed by atoms with Gasteiger partial charge in [0.1, 0.15) is 5.41 Å². The topological polar surface area (TPSA) is 49.4 Å². The van der Waals surface area contributed by atoms with Gasteiger partial charge in [-0.1, -0.05) is 19.8 Å². The van der Waals surface area contributed by atoms with Gasteiger partial charge in [-0.05, 0) is 32.1 Å². The van der Waals surface area contributed by atoms with Gasteiger partial charge in [0.05, 0.1) is 0 Å². The van der Waals surface area contributed by atoms with Crippen LogP contribution in [0.2, 0.25) is 0 Å². The number of carbonyl (C=O) groups excluding carboxylic acids is 2. The maximum Gasteiger partial charge on any atom is 0.238 e. The van der Waals surface area contributed by atoms with Gasteiger partial charge in [0.15, 0.2) is 0 Å². The number of nitrogens with zero attached hydrogens (tertiary/aromatic N) is 1. The van der Waals surface area contributed by atoms with Crippen LogP contribution in [-0.4, -0.2) is 36.3 Å². The molecular weight excluding hydrogens is 228 g/mol. The standard InChI is InChI=1S/C14H24N2O2/c1-2-9-15-12(17)14(7-8-14)13(18)16-10-5-3-4-6-11-16/h2-11H2,1H3,(H,15,17). The molecule has 0 aromatic carbocycles. The molecule has 2 rings (SSSR count). The van der Waals surface area contributed by atoms with E-state index in [9.17, 15) is 9.59 Å². The van der Waals surface area contributed by atoms with E-state index in [2.05, 4.69) is 5.32 Å². The fourth-order valence-electron chi connectivity index (χ4n) is 2.65. The van der Waals surface area contributed by atoms with Crippen LogP contribution in [0.4, 0.5) is 0 Å². The van der Waals surface area contributed by atoms with Crippen LogP contribution < -0.4 is 5.32 Å². The first-order chi connectivity index (χ1) is 8.70. The Kier molecular flexibility index (Phi) is 4.25. The van der Waals surface area contributed by atoms with Crippen LogP contribution in [0.1, 0.15) is 51.9 Å².